The number of benzene rings is 1. The molecule has 4 nitrogen and oxygen atoms in total. The molecule has 0 radical (unpaired) electrons. The van der Waals surface area contributed by atoms with Gasteiger partial charge in [-0.2, -0.15) is 5.90 Å². The summed E-state index contributed by atoms with van der Waals surface area (Å²) in [5, 5.41) is 9.11. The standard InChI is InChI=1S/C8H9NO3/c1-5-4-6(8(11)12-9)2-3-7(5)10/h2-4,10H,9H2,1H3. The minimum absolute atomic E-state index is 0.142. The topological polar surface area (TPSA) is 72.5 Å². The summed E-state index contributed by atoms with van der Waals surface area (Å²) >= 11 is 0. The van der Waals surface area contributed by atoms with Crippen molar-refractivity contribution in [3.63, 3.8) is 0 Å². The lowest BCUT2D eigenvalue weighted by molar-refractivity contribution is 0.0503. The van der Waals surface area contributed by atoms with E-state index in [0.29, 0.717) is 11.1 Å². The third-order valence-electron chi connectivity index (χ3n) is 1.54. The Hall–Kier alpha value is -1.55. The van der Waals surface area contributed by atoms with Crippen molar-refractivity contribution in [1.82, 2.24) is 0 Å². The van der Waals surface area contributed by atoms with Gasteiger partial charge in [0.05, 0.1) is 5.56 Å². The molecular weight excluding hydrogens is 158 g/mol. The summed E-state index contributed by atoms with van der Waals surface area (Å²) in [5.41, 5.74) is 0.936. The molecule has 0 saturated carbocycles. The Kier molecular flexibility index (Phi) is 2.30. The molecule has 0 bridgehead atoms. The third-order valence-corrected chi connectivity index (χ3v) is 1.54. The van der Waals surface area contributed by atoms with E-state index in [9.17, 15) is 4.79 Å². The zero-order valence-corrected chi connectivity index (χ0v) is 6.57. The summed E-state index contributed by atoms with van der Waals surface area (Å²) in [6.45, 7) is 1.68. The number of carbonyl (C=O) groups is 1. The van der Waals surface area contributed by atoms with E-state index in [4.69, 9.17) is 5.11 Å². The fourth-order valence-electron chi connectivity index (χ4n) is 0.850. The van der Waals surface area contributed by atoms with Crippen LogP contribution in [0.15, 0.2) is 18.2 Å². The minimum atomic E-state index is -0.613. The normalized spacial score (nSPS) is 9.50. The van der Waals surface area contributed by atoms with E-state index in [1.54, 1.807) is 6.92 Å². The van der Waals surface area contributed by atoms with Gasteiger partial charge < -0.3 is 9.94 Å². The van der Waals surface area contributed by atoms with Crippen molar-refractivity contribution in [2.45, 2.75) is 6.92 Å². The van der Waals surface area contributed by atoms with Crippen molar-refractivity contribution < 1.29 is 14.7 Å². The number of phenols is 1. The molecule has 0 aliphatic heterocycles. The second kappa shape index (κ2) is 3.23. The maximum atomic E-state index is 10.8. The highest BCUT2D eigenvalue weighted by atomic mass is 16.7. The first-order valence-electron chi connectivity index (χ1n) is 3.36. The first-order chi connectivity index (χ1) is 5.65. The molecule has 0 aliphatic rings. The van der Waals surface area contributed by atoms with Gasteiger partial charge in [-0.05, 0) is 30.7 Å². The van der Waals surface area contributed by atoms with Crippen LogP contribution in [0.25, 0.3) is 0 Å². The molecule has 0 aliphatic carbocycles. The summed E-state index contributed by atoms with van der Waals surface area (Å²) in [7, 11) is 0. The molecule has 0 amide bonds. The molecule has 3 N–H and O–H groups in total. The molecule has 0 saturated heterocycles. The van der Waals surface area contributed by atoms with Crippen LogP contribution in [0.1, 0.15) is 15.9 Å². The summed E-state index contributed by atoms with van der Waals surface area (Å²) in [4.78, 5) is 14.9. The lowest BCUT2D eigenvalue weighted by Gasteiger charge is -2.00. The monoisotopic (exact) mass is 167 g/mol. The molecule has 0 aromatic heterocycles. The number of rotatable bonds is 1. The second-order valence-corrected chi connectivity index (χ2v) is 2.41. The van der Waals surface area contributed by atoms with Gasteiger partial charge in [0.2, 0.25) is 0 Å². The van der Waals surface area contributed by atoms with E-state index in [-0.39, 0.29) is 5.75 Å². The Labute approximate surface area is 69.5 Å². The smallest absolute Gasteiger partial charge is 0.356 e. The summed E-state index contributed by atoms with van der Waals surface area (Å²) < 4.78 is 0. The van der Waals surface area contributed by atoms with Gasteiger partial charge in [-0.25, -0.2) is 4.79 Å². The SMILES string of the molecule is Cc1cc(C(=O)ON)ccc1O. The van der Waals surface area contributed by atoms with Crippen LogP contribution in [0, 0.1) is 6.92 Å². The molecular formula is C8H9NO3. The van der Waals surface area contributed by atoms with Crippen molar-refractivity contribution in [3.8, 4) is 5.75 Å². The molecule has 64 valence electrons. The van der Waals surface area contributed by atoms with Crippen LogP contribution < -0.4 is 5.90 Å². The fraction of sp³-hybridized carbons (Fsp3) is 0.125. The lowest BCUT2D eigenvalue weighted by Crippen LogP contribution is -2.09. The van der Waals surface area contributed by atoms with Gasteiger partial charge in [-0.3, -0.25) is 0 Å². The molecule has 0 heterocycles. The van der Waals surface area contributed by atoms with Gasteiger partial charge in [0.25, 0.3) is 0 Å². The van der Waals surface area contributed by atoms with E-state index in [0.717, 1.165) is 0 Å². The summed E-state index contributed by atoms with van der Waals surface area (Å²) in [6.07, 6.45) is 0. The van der Waals surface area contributed by atoms with Crippen molar-refractivity contribution in [3.05, 3.63) is 29.3 Å². The van der Waals surface area contributed by atoms with E-state index in [1.807, 2.05) is 0 Å². The van der Waals surface area contributed by atoms with E-state index < -0.39 is 5.97 Å². The number of aromatic hydroxyl groups is 1. The van der Waals surface area contributed by atoms with E-state index >= 15 is 0 Å². The van der Waals surface area contributed by atoms with Gasteiger partial charge in [0.15, 0.2) is 0 Å². The number of hydrogen-bond donors (Lipinski definition) is 2. The fourth-order valence-corrected chi connectivity index (χ4v) is 0.850. The number of hydrogen-bond acceptors (Lipinski definition) is 4. The first kappa shape index (κ1) is 8.55. The quantitative estimate of drug-likeness (QED) is 0.605. The van der Waals surface area contributed by atoms with Gasteiger partial charge in [-0.15, -0.1) is 0 Å². The predicted octanol–water partition coefficient (Wildman–Crippen LogP) is 0.731. The van der Waals surface area contributed by atoms with Gasteiger partial charge in [0.1, 0.15) is 5.75 Å². The molecule has 4 heteroatoms. The maximum Gasteiger partial charge on any atom is 0.356 e. The Bertz CT molecular complexity index is 309. The Balaban J connectivity index is 3.05. The largest absolute Gasteiger partial charge is 0.508 e. The van der Waals surface area contributed by atoms with Gasteiger partial charge in [0, 0.05) is 0 Å². The van der Waals surface area contributed by atoms with Crippen LogP contribution in [0.2, 0.25) is 0 Å². The molecule has 0 spiro atoms. The van der Waals surface area contributed by atoms with Crippen molar-refractivity contribution >= 4 is 5.97 Å². The van der Waals surface area contributed by atoms with Crippen LogP contribution >= 0.6 is 0 Å². The summed E-state index contributed by atoms with van der Waals surface area (Å²) in [6, 6.07) is 4.36. The Morgan fingerprint density at radius 2 is 2.25 bits per heavy atom. The lowest BCUT2D eigenvalue weighted by atomic mass is 10.1. The zero-order chi connectivity index (χ0) is 9.14. The molecule has 12 heavy (non-hydrogen) atoms. The Morgan fingerprint density at radius 1 is 1.58 bits per heavy atom. The maximum absolute atomic E-state index is 10.8. The number of aryl methyl sites for hydroxylation is 1. The highest BCUT2D eigenvalue weighted by molar-refractivity contribution is 5.89. The van der Waals surface area contributed by atoms with Crippen molar-refractivity contribution in [2.24, 2.45) is 5.90 Å². The average molecular weight is 167 g/mol. The van der Waals surface area contributed by atoms with Gasteiger partial charge in [-0.1, -0.05) is 0 Å². The molecule has 0 unspecified atom stereocenters. The van der Waals surface area contributed by atoms with Gasteiger partial charge >= 0.3 is 5.97 Å². The van der Waals surface area contributed by atoms with Crippen LogP contribution in [0.3, 0.4) is 0 Å². The molecule has 1 aromatic carbocycles. The van der Waals surface area contributed by atoms with E-state index in [1.165, 1.54) is 18.2 Å². The van der Waals surface area contributed by atoms with Crippen molar-refractivity contribution in [2.75, 3.05) is 0 Å². The molecule has 1 aromatic rings. The van der Waals surface area contributed by atoms with Crippen molar-refractivity contribution in [1.29, 1.82) is 0 Å². The highest BCUT2D eigenvalue weighted by Gasteiger charge is 2.06. The van der Waals surface area contributed by atoms with Crippen LogP contribution in [-0.4, -0.2) is 11.1 Å². The molecule has 1 rings (SSSR count). The number of phenolic OH excluding ortho intramolecular Hbond substituents is 1. The Morgan fingerprint density at radius 3 is 2.75 bits per heavy atom. The molecule has 0 atom stereocenters. The first-order valence-corrected chi connectivity index (χ1v) is 3.36. The number of nitrogens with two attached hydrogens (primary N) is 1. The van der Waals surface area contributed by atoms with E-state index in [2.05, 4.69) is 10.7 Å². The molecule has 0 fully saturated rings. The van der Waals surface area contributed by atoms with Crippen LogP contribution in [0.4, 0.5) is 0 Å². The van der Waals surface area contributed by atoms with Crippen LogP contribution in [-0.2, 0) is 4.84 Å². The zero-order valence-electron chi connectivity index (χ0n) is 6.57. The minimum Gasteiger partial charge on any atom is -0.508 e. The number of carbonyl (C=O) groups excluding carboxylic acids is 1. The second-order valence-electron chi connectivity index (χ2n) is 2.41. The third kappa shape index (κ3) is 1.54. The highest BCUT2D eigenvalue weighted by Crippen LogP contribution is 2.16. The predicted molar refractivity (Wildman–Crippen MR) is 42.4 cm³/mol. The van der Waals surface area contributed by atoms with Crippen LogP contribution in [0.5, 0.6) is 5.75 Å². The average Bonchev–Trinajstić information content (AvgIpc) is 2.08. The summed E-state index contributed by atoms with van der Waals surface area (Å²) in [5.74, 6) is 4.21.